The zero-order valence-corrected chi connectivity index (χ0v) is 12.2. The molecule has 0 unspecified atom stereocenters. The number of anilines is 1. The normalized spacial score (nSPS) is 10.5. The van der Waals surface area contributed by atoms with Crippen LogP contribution in [0.2, 0.25) is 5.02 Å². The van der Waals surface area contributed by atoms with Crippen LogP contribution in [0.5, 0.6) is 0 Å². The Morgan fingerprint density at radius 3 is 2.71 bits per heavy atom. The summed E-state index contributed by atoms with van der Waals surface area (Å²) in [6, 6.07) is 4.34. The molecular formula is C14H13ClFN3O2. The first-order chi connectivity index (χ1) is 9.88. The van der Waals surface area contributed by atoms with Gasteiger partial charge in [0.05, 0.1) is 5.69 Å². The van der Waals surface area contributed by atoms with Crippen LogP contribution in [0.15, 0.2) is 23.0 Å². The van der Waals surface area contributed by atoms with Gasteiger partial charge in [0.1, 0.15) is 5.82 Å². The number of aromatic amines is 1. The molecule has 1 aromatic carbocycles. The summed E-state index contributed by atoms with van der Waals surface area (Å²) in [5, 5.41) is 2.64. The van der Waals surface area contributed by atoms with Crippen LogP contribution in [0.1, 0.15) is 23.7 Å². The molecule has 0 aliphatic rings. The summed E-state index contributed by atoms with van der Waals surface area (Å²) in [4.78, 5) is 29.5. The van der Waals surface area contributed by atoms with Crippen LogP contribution in [0.3, 0.4) is 0 Å². The third-order valence-electron chi connectivity index (χ3n) is 2.93. The van der Waals surface area contributed by atoms with Gasteiger partial charge in [0, 0.05) is 29.5 Å². The third kappa shape index (κ3) is 3.46. The first kappa shape index (κ1) is 15.2. The standard InChI is InChI=1S/C14H13ClFN3O2/c1-7-9(6-10-11(15)4-3-5-12(10)16)13(21)19-14(17-7)18-8(2)20/h3-5H,6H2,1-2H3,(H2,17,18,19,20,21). The molecule has 2 rings (SSSR count). The van der Waals surface area contributed by atoms with Crippen molar-refractivity contribution >= 4 is 23.5 Å². The molecule has 7 heteroatoms. The summed E-state index contributed by atoms with van der Waals surface area (Å²) in [6.45, 7) is 2.92. The van der Waals surface area contributed by atoms with E-state index in [1.807, 2.05) is 0 Å². The van der Waals surface area contributed by atoms with E-state index >= 15 is 0 Å². The number of benzene rings is 1. The van der Waals surface area contributed by atoms with E-state index < -0.39 is 11.4 Å². The fourth-order valence-electron chi connectivity index (χ4n) is 1.92. The van der Waals surface area contributed by atoms with Gasteiger partial charge in [0.25, 0.3) is 5.56 Å². The highest BCUT2D eigenvalue weighted by atomic mass is 35.5. The van der Waals surface area contributed by atoms with E-state index in [4.69, 9.17) is 11.6 Å². The largest absolute Gasteiger partial charge is 0.296 e. The zero-order chi connectivity index (χ0) is 15.6. The SMILES string of the molecule is CC(=O)Nc1nc(C)c(Cc2c(F)cccc2Cl)c(=O)[nH]1. The highest BCUT2D eigenvalue weighted by Crippen LogP contribution is 2.22. The van der Waals surface area contributed by atoms with Crippen LogP contribution in [-0.2, 0) is 11.2 Å². The van der Waals surface area contributed by atoms with Gasteiger partial charge in [0.2, 0.25) is 11.9 Å². The molecule has 0 bridgehead atoms. The summed E-state index contributed by atoms with van der Waals surface area (Å²) in [7, 11) is 0. The molecular weight excluding hydrogens is 297 g/mol. The van der Waals surface area contributed by atoms with Crippen molar-refractivity contribution in [3.8, 4) is 0 Å². The number of aromatic nitrogens is 2. The van der Waals surface area contributed by atoms with Crippen molar-refractivity contribution in [2.45, 2.75) is 20.3 Å². The summed E-state index contributed by atoms with van der Waals surface area (Å²) < 4.78 is 13.8. The van der Waals surface area contributed by atoms with Crippen molar-refractivity contribution in [1.29, 1.82) is 0 Å². The number of halogens is 2. The number of aryl methyl sites for hydroxylation is 1. The fourth-order valence-corrected chi connectivity index (χ4v) is 2.15. The second-order valence-corrected chi connectivity index (χ2v) is 4.94. The van der Waals surface area contributed by atoms with Crippen molar-refractivity contribution in [2.75, 3.05) is 5.32 Å². The van der Waals surface area contributed by atoms with Crippen LogP contribution in [0.4, 0.5) is 10.3 Å². The molecule has 0 saturated carbocycles. The minimum absolute atomic E-state index is 0.0278. The van der Waals surface area contributed by atoms with Crippen molar-refractivity contribution in [3.05, 3.63) is 56.2 Å². The first-order valence-electron chi connectivity index (χ1n) is 6.18. The molecule has 1 amide bonds. The van der Waals surface area contributed by atoms with Gasteiger partial charge in [-0.25, -0.2) is 9.37 Å². The molecule has 5 nitrogen and oxygen atoms in total. The predicted molar refractivity (Wildman–Crippen MR) is 78.1 cm³/mol. The van der Waals surface area contributed by atoms with Crippen molar-refractivity contribution in [1.82, 2.24) is 9.97 Å². The summed E-state index contributed by atoms with van der Waals surface area (Å²) >= 11 is 5.95. The van der Waals surface area contributed by atoms with Crippen LogP contribution >= 0.6 is 11.6 Å². The van der Waals surface area contributed by atoms with Crippen LogP contribution < -0.4 is 10.9 Å². The molecule has 21 heavy (non-hydrogen) atoms. The van der Waals surface area contributed by atoms with Crippen molar-refractivity contribution in [2.24, 2.45) is 0 Å². The maximum atomic E-state index is 13.8. The Labute approximate surface area is 125 Å². The van der Waals surface area contributed by atoms with E-state index in [1.54, 1.807) is 13.0 Å². The predicted octanol–water partition coefficient (Wildman–Crippen LogP) is 2.42. The number of nitrogens with one attached hydrogen (secondary N) is 2. The van der Waals surface area contributed by atoms with E-state index in [9.17, 15) is 14.0 Å². The van der Waals surface area contributed by atoms with Gasteiger partial charge in [0.15, 0.2) is 0 Å². The molecule has 0 spiro atoms. The average Bonchev–Trinajstić information content (AvgIpc) is 2.35. The lowest BCUT2D eigenvalue weighted by molar-refractivity contribution is -0.114. The number of hydrogen-bond acceptors (Lipinski definition) is 3. The summed E-state index contributed by atoms with van der Waals surface area (Å²) in [6.07, 6.45) is 0.0278. The number of rotatable bonds is 3. The van der Waals surface area contributed by atoms with Gasteiger partial charge in [-0.3, -0.25) is 19.9 Å². The Balaban J connectivity index is 2.42. The number of H-pyrrole nitrogens is 1. The van der Waals surface area contributed by atoms with Crippen molar-refractivity contribution < 1.29 is 9.18 Å². The van der Waals surface area contributed by atoms with Gasteiger partial charge in [-0.05, 0) is 19.1 Å². The second kappa shape index (κ2) is 6.05. The first-order valence-corrected chi connectivity index (χ1v) is 6.56. The molecule has 0 aliphatic carbocycles. The second-order valence-electron chi connectivity index (χ2n) is 4.54. The van der Waals surface area contributed by atoms with Gasteiger partial charge in [-0.1, -0.05) is 17.7 Å². The number of amides is 1. The zero-order valence-electron chi connectivity index (χ0n) is 11.5. The molecule has 0 radical (unpaired) electrons. The Hall–Kier alpha value is -2.21. The Morgan fingerprint density at radius 1 is 1.43 bits per heavy atom. The molecule has 0 atom stereocenters. The van der Waals surface area contributed by atoms with Crippen LogP contribution in [0.25, 0.3) is 0 Å². The fraction of sp³-hybridized carbons (Fsp3) is 0.214. The number of carbonyl (C=O) groups is 1. The average molecular weight is 310 g/mol. The van der Waals surface area contributed by atoms with Gasteiger partial charge >= 0.3 is 0 Å². The molecule has 0 saturated heterocycles. The van der Waals surface area contributed by atoms with Crippen molar-refractivity contribution in [3.63, 3.8) is 0 Å². The minimum Gasteiger partial charge on any atom is -0.296 e. The monoisotopic (exact) mass is 309 g/mol. The Kier molecular flexibility index (Phi) is 4.37. The Bertz CT molecular complexity index is 738. The van der Waals surface area contributed by atoms with E-state index in [0.29, 0.717) is 11.3 Å². The summed E-state index contributed by atoms with van der Waals surface area (Å²) in [5.41, 5.74) is 0.505. The molecule has 0 aliphatic heterocycles. The lowest BCUT2D eigenvalue weighted by Gasteiger charge is -2.09. The smallest absolute Gasteiger partial charge is 0.256 e. The Morgan fingerprint density at radius 2 is 2.14 bits per heavy atom. The van der Waals surface area contributed by atoms with E-state index in [2.05, 4.69) is 15.3 Å². The van der Waals surface area contributed by atoms with E-state index in [-0.39, 0.29) is 28.9 Å². The van der Waals surface area contributed by atoms with E-state index in [1.165, 1.54) is 19.1 Å². The minimum atomic E-state index is -0.479. The third-order valence-corrected chi connectivity index (χ3v) is 3.29. The molecule has 2 aromatic rings. The highest BCUT2D eigenvalue weighted by molar-refractivity contribution is 6.31. The quantitative estimate of drug-likeness (QED) is 0.914. The van der Waals surface area contributed by atoms with Gasteiger partial charge in [-0.2, -0.15) is 0 Å². The molecule has 0 fully saturated rings. The lowest BCUT2D eigenvalue weighted by atomic mass is 10.0. The summed E-state index contributed by atoms with van der Waals surface area (Å²) in [5.74, 6) is -0.761. The molecule has 110 valence electrons. The molecule has 1 heterocycles. The van der Waals surface area contributed by atoms with Crippen LogP contribution in [-0.4, -0.2) is 15.9 Å². The van der Waals surface area contributed by atoms with Gasteiger partial charge in [-0.15, -0.1) is 0 Å². The lowest BCUT2D eigenvalue weighted by Crippen LogP contribution is -2.21. The molecule has 2 N–H and O–H groups in total. The highest BCUT2D eigenvalue weighted by Gasteiger charge is 2.14. The topological polar surface area (TPSA) is 74.8 Å². The number of carbonyl (C=O) groups excluding carboxylic acids is 1. The number of hydrogen-bond donors (Lipinski definition) is 2. The van der Waals surface area contributed by atoms with Gasteiger partial charge < -0.3 is 0 Å². The van der Waals surface area contributed by atoms with E-state index in [0.717, 1.165) is 0 Å². The maximum Gasteiger partial charge on any atom is 0.256 e. The maximum absolute atomic E-state index is 13.8. The number of nitrogens with zero attached hydrogens (tertiary/aromatic N) is 1. The molecule has 1 aromatic heterocycles. The van der Waals surface area contributed by atoms with Crippen LogP contribution in [0, 0.1) is 12.7 Å².